The van der Waals surface area contributed by atoms with Crippen LogP contribution in [0.2, 0.25) is 0 Å². The van der Waals surface area contributed by atoms with Gasteiger partial charge in [-0.1, -0.05) is 91.9 Å². The first-order valence-electron chi connectivity index (χ1n) is 13.5. The average molecular weight is 496 g/mol. The first kappa shape index (κ1) is 24.2. The summed E-state index contributed by atoms with van der Waals surface area (Å²) in [5.41, 5.74) is 8.03. The van der Waals surface area contributed by atoms with Crippen LogP contribution in [0.15, 0.2) is 121 Å². The number of hydrogen-bond acceptors (Lipinski definition) is 1. The van der Waals surface area contributed by atoms with Crippen LogP contribution in [-0.4, -0.2) is 24.4 Å². The first-order chi connectivity index (χ1) is 18.4. The minimum atomic E-state index is -0.0576. The summed E-state index contributed by atoms with van der Waals surface area (Å²) in [6, 6.07) is 26.4. The van der Waals surface area contributed by atoms with Gasteiger partial charge in [0.05, 0.1) is 5.41 Å². The van der Waals surface area contributed by atoms with E-state index in [0.717, 1.165) is 0 Å². The average Bonchev–Trinajstić information content (AvgIpc) is 3.29. The third kappa shape index (κ3) is 3.75. The number of hydrogen-bond donors (Lipinski definition) is 0. The summed E-state index contributed by atoms with van der Waals surface area (Å²) in [7, 11) is 4.35. The highest BCUT2D eigenvalue weighted by atomic mass is 15.1. The van der Waals surface area contributed by atoms with Gasteiger partial charge in [-0.15, -0.1) is 0 Å². The molecule has 0 spiro atoms. The molecule has 0 amide bonds. The Labute approximate surface area is 226 Å². The van der Waals surface area contributed by atoms with Crippen LogP contribution in [-0.2, 0) is 5.41 Å². The van der Waals surface area contributed by atoms with Crippen LogP contribution < -0.4 is 4.90 Å². The van der Waals surface area contributed by atoms with Gasteiger partial charge >= 0.3 is 0 Å². The maximum atomic E-state index is 2.34. The van der Waals surface area contributed by atoms with Gasteiger partial charge in [0.15, 0.2) is 5.71 Å². The highest BCUT2D eigenvalue weighted by Gasteiger charge is 2.44. The molecule has 2 heterocycles. The molecule has 38 heavy (non-hydrogen) atoms. The van der Waals surface area contributed by atoms with Gasteiger partial charge in [0.2, 0.25) is 5.69 Å². The summed E-state index contributed by atoms with van der Waals surface area (Å²) in [6.07, 6.45) is 15.2. The fourth-order valence-corrected chi connectivity index (χ4v) is 6.55. The molecule has 0 fully saturated rings. The molecule has 4 aromatic carbocycles. The molecule has 2 aliphatic rings. The van der Waals surface area contributed by atoms with Gasteiger partial charge in [-0.05, 0) is 59.2 Å². The van der Waals surface area contributed by atoms with Gasteiger partial charge in [-0.25, -0.2) is 0 Å². The Morgan fingerprint density at radius 1 is 0.763 bits per heavy atom. The zero-order valence-corrected chi connectivity index (χ0v) is 22.9. The van der Waals surface area contributed by atoms with E-state index in [-0.39, 0.29) is 5.41 Å². The Morgan fingerprint density at radius 2 is 1.39 bits per heavy atom. The van der Waals surface area contributed by atoms with E-state index in [9.17, 15) is 0 Å². The van der Waals surface area contributed by atoms with Crippen LogP contribution in [0.1, 0.15) is 37.8 Å². The lowest BCUT2D eigenvalue weighted by molar-refractivity contribution is -0.401. The van der Waals surface area contributed by atoms with Gasteiger partial charge in [0, 0.05) is 42.1 Å². The van der Waals surface area contributed by atoms with E-state index >= 15 is 0 Å². The molecule has 4 aromatic rings. The summed E-state index contributed by atoms with van der Waals surface area (Å²) in [6.45, 7) is 6.97. The molecular weight excluding hydrogens is 460 g/mol. The molecule has 0 radical (unpaired) electrons. The smallest absolute Gasteiger partial charge is 0.210 e. The van der Waals surface area contributed by atoms with Crippen molar-refractivity contribution in [3.8, 4) is 0 Å². The largest absolute Gasteiger partial charge is 0.347 e. The van der Waals surface area contributed by atoms with Crippen molar-refractivity contribution in [3.05, 3.63) is 132 Å². The Kier molecular flexibility index (Phi) is 5.91. The number of benzene rings is 4. The molecule has 2 heteroatoms. The Morgan fingerprint density at radius 3 is 2.18 bits per heavy atom. The van der Waals surface area contributed by atoms with Crippen molar-refractivity contribution in [3.63, 3.8) is 0 Å². The molecule has 0 aliphatic carbocycles. The van der Waals surface area contributed by atoms with Gasteiger partial charge in [-0.2, -0.15) is 4.58 Å². The predicted molar refractivity (Wildman–Crippen MR) is 164 cm³/mol. The maximum Gasteiger partial charge on any atom is 0.210 e. The van der Waals surface area contributed by atoms with Crippen LogP contribution in [0, 0.1) is 0 Å². The monoisotopic (exact) mass is 495 g/mol. The molecule has 1 unspecified atom stereocenters. The van der Waals surface area contributed by atoms with Crippen LogP contribution in [0.5, 0.6) is 0 Å². The Bertz CT molecular complexity index is 1730. The van der Waals surface area contributed by atoms with Gasteiger partial charge < -0.3 is 4.90 Å². The van der Waals surface area contributed by atoms with Crippen molar-refractivity contribution in [1.29, 1.82) is 0 Å². The summed E-state index contributed by atoms with van der Waals surface area (Å²) < 4.78 is 2.34. The van der Waals surface area contributed by atoms with Crippen molar-refractivity contribution < 1.29 is 4.58 Å². The lowest BCUT2D eigenvalue weighted by Crippen LogP contribution is -2.26. The van der Waals surface area contributed by atoms with Crippen LogP contribution in [0.4, 0.5) is 11.4 Å². The van der Waals surface area contributed by atoms with E-state index in [0.29, 0.717) is 5.92 Å². The third-order valence-electron chi connectivity index (χ3n) is 8.43. The molecule has 0 N–H and O–H groups in total. The topological polar surface area (TPSA) is 6.25 Å². The minimum absolute atomic E-state index is 0.0576. The van der Waals surface area contributed by atoms with Crippen molar-refractivity contribution in [2.24, 2.45) is 0 Å². The van der Waals surface area contributed by atoms with E-state index in [2.05, 4.69) is 160 Å². The standard InChI is InChI=1S/C36H35N2/c1-25-30(37(4)31-23-21-26-15-11-13-17-28(26)34(25)31)19-9-7-6-8-10-20-33-36(2,3)35-29-18-14-12-16-27(29)22-24-32(35)38(33)5/h6-25H,1-5H3/q+1. The highest BCUT2D eigenvalue weighted by molar-refractivity contribution is 6.07. The molecule has 0 saturated heterocycles. The number of allylic oxidation sites excluding steroid dienone is 8. The molecule has 2 nitrogen and oxygen atoms in total. The lowest BCUT2D eigenvalue weighted by atomic mass is 9.79. The number of anilines is 1. The maximum absolute atomic E-state index is 2.34. The third-order valence-corrected chi connectivity index (χ3v) is 8.43. The van der Waals surface area contributed by atoms with Crippen LogP contribution >= 0.6 is 0 Å². The van der Waals surface area contributed by atoms with E-state index in [1.807, 2.05) is 0 Å². The Balaban J connectivity index is 1.19. The normalized spacial score (nSPS) is 19.8. The summed E-state index contributed by atoms with van der Waals surface area (Å²) >= 11 is 0. The zero-order valence-electron chi connectivity index (χ0n) is 22.9. The fraction of sp³-hybridized carbons (Fsp3) is 0.194. The molecular formula is C36H35N2+. The summed E-state index contributed by atoms with van der Waals surface area (Å²) in [4.78, 5) is 2.33. The second-order valence-electron chi connectivity index (χ2n) is 11.0. The molecule has 0 saturated carbocycles. The van der Waals surface area contributed by atoms with Crippen LogP contribution in [0.3, 0.4) is 0 Å². The van der Waals surface area contributed by atoms with Gasteiger partial charge in [-0.3, -0.25) is 0 Å². The van der Waals surface area contributed by atoms with Crippen molar-refractivity contribution >= 4 is 38.6 Å². The quantitative estimate of drug-likeness (QED) is 0.202. The second-order valence-corrected chi connectivity index (χ2v) is 11.0. The van der Waals surface area contributed by atoms with E-state index in [4.69, 9.17) is 0 Å². The Hall–Kier alpha value is -4.17. The molecule has 0 aromatic heterocycles. The predicted octanol–water partition coefficient (Wildman–Crippen LogP) is 8.81. The number of likely N-dealkylation sites (N-methyl/N-ethyl adjacent to an activating group) is 1. The molecule has 2 aliphatic heterocycles. The molecule has 1 atom stereocenters. The molecule has 188 valence electrons. The number of nitrogens with zero attached hydrogens (tertiary/aromatic N) is 2. The van der Waals surface area contributed by atoms with E-state index in [1.165, 1.54) is 55.5 Å². The van der Waals surface area contributed by atoms with Crippen LogP contribution in [0.25, 0.3) is 21.5 Å². The van der Waals surface area contributed by atoms with E-state index < -0.39 is 0 Å². The van der Waals surface area contributed by atoms with Crippen molar-refractivity contribution in [1.82, 2.24) is 0 Å². The first-order valence-corrected chi connectivity index (χ1v) is 13.5. The lowest BCUT2D eigenvalue weighted by Gasteiger charge is -2.17. The molecule has 6 rings (SSSR count). The molecule has 0 bridgehead atoms. The SMILES string of the molecule is CC1C(=CC=CC=CC=CC2=[N+](C)c3ccc4ccccc4c3C2(C)C)N(C)c2ccc3ccccc3c21. The van der Waals surface area contributed by atoms with Crippen molar-refractivity contribution in [2.75, 3.05) is 19.0 Å². The van der Waals surface area contributed by atoms with Gasteiger partial charge in [0.25, 0.3) is 0 Å². The van der Waals surface area contributed by atoms with Gasteiger partial charge in [0.1, 0.15) is 7.05 Å². The van der Waals surface area contributed by atoms with Crippen molar-refractivity contribution in [2.45, 2.75) is 32.1 Å². The minimum Gasteiger partial charge on any atom is -0.347 e. The second kappa shape index (κ2) is 9.29. The van der Waals surface area contributed by atoms with E-state index in [1.54, 1.807) is 0 Å². The highest BCUT2D eigenvalue weighted by Crippen LogP contribution is 2.46. The zero-order chi connectivity index (χ0) is 26.4. The summed E-state index contributed by atoms with van der Waals surface area (Å²) in [5.74, 6) is 0.365. The fourth-order valence-electron chi connectivity index (χ4n) is 6.55. The number of rotatable bonds is 4. The number of fused-ring (bicyclic) bond motifs is 6. The summed E-state index contributed by atoms with van der Waals surface area (Å²) in [5, 5.41) is 5.31.